The minimum Gasteiger partial charge on any atom is -0.481 e. The summed E-state index contributed by atoms with van der Waals surface area (Å²) in [5.41, 5.74) is -0.524. The summed E-state index contributed by atoms with van der Waals surface area (Å²) in [6, 6.07) is 1.20. The van der Waals surface area contributed by atoms with Crippen molar-refractivity contribution < 1.29 is 9.90 Å². The Morgan fingerprint density at radius 1 is 1.14 bits per heavy atom. The van der Waals surface area contributed by atoms with Gasteiger partial charge in [-0.2, -0.15) is 0 Å². The van der Waals surface area contributed by atoms with Crippen LogP contribution in [0.15, 0.2) is 0 Å². The highest BCUT2D eigenvalue weighted by atomic mass is 16.4. The molecule has 2 atom stereocenters. The number of rotatable bonds is 4. The Balaban J connectivity index is 1.99. The molecule has 0 saturated carbocycles. The van der Waals surface area contributed by atoms with Crippen molar-refractivity contribution in [2.75, 3.05) is 26.2 Å². The SMILES string of the molecule is CC(C)N1CCCC(N2CCC(C(=O)O)(C(C)C)C2)CC1. The molecule has 2 aliphatic rings. The maximum absolute atomic E-state index is 11.8. The third kappa shape index (κ3) is 3.42. The van der Waals surface area contributed by atoms with Gasteiger partial charge in [0.25, 0.3) is 0 Å². The van der Waals surface area contributed by atoms with E-state index in [1.54, 1.807) is 0 Å². The third-order valence-electron chi connectivity index (χ3n) is 5.84. The van der Waals surface area contributed by atoms with Crippen LogP contribution in [0.25, 0.3) is 0 Å². The van der Waals surface area contributed by atoms with E-state index < -0.39 is 11.4 Å². The van der Waals surface area contributed by atoms with Crippen molar-refractivity contribution in [1.29, 1.82) is 0 Å². The van der Waals surface area contributed by atoms with Crippen molar-refractivity contribution in [2.45, 2.75) is 65.5 Å². The maximum atomic E-state index is 11.8. The second-order valence-electron chi connectivity index (χ2n) is 7.55. The van der Waals surface area contributed by atoms with Gasteiger partial charge in [0, 0.05) is 18.6 Å². The molecule has 2 saturated heterocycles. The monoisotopic (exact) mass is 296 g/mol. The number of hydrogen-bond donors (Lipinski definition) is 1. The van der Waals surface area contributed by atoms with E-state index in [0.717, 1.165) is 26.1 Å². The molecule has 2 aliphatic heterocycles. The molecule has 0 aromatic carbocycles. The molecule has 122 valence electrons. The first-order chi connectivity index (χ1) is 9.86. The van der Waals surface area contributed by atoms with Crippen LogP contribution >= 0.6 is 0 Å². The standard InChI is InChI=1S/C17H32N2O2/c1-13(2)17(16(20)21)8-11-19(12-17)15-6-5-9-18(10-7-15)14(3)4/h13-15H,5-12H2,1-4H3,(H,20,21). The minimum atomic E-state index is -0.600. The predicted octanol–water partition coefficient (Wildman–Crippen LogP) is 2.68. The Morgan fingerprint density at radius 2 is 1.86 bits per heavy atom. The van der Waals surface area contributed by atoms with E-state index in [0.29, 0.717) is 12.1 Å². The lowest BCUT2D eigenvalue weighted by Crippen LogP contribution is -2.42. The number of carboxylic acid groups (broad SMARTS) is 1. The molecule has 0 bridgehead atoms. The number of aliphatic carboxylic acids is 1. The highest BCUT2D eigenvalue weighted by molar-refractivity contribution is 5.75. The Kier molecular flexibility index (Phi) is 5.31. The van der Waals surface area contributed by atoms with Gasteiger partial charge < -0.3 is 10.0 Å². The molecule has 21 heavy (non-hydrogen) atoms. The fraction of sp³-hybridized carbons (Fsp3) is 0.941. The van der Waals surface area contributed by atoms with Crippen LogP contribution in [0.5, 0.6) is 0 Å². The van der Waals surface area contributed by atoms with Crippen LogP contribution in [0.1, 0.15) is 53.4 Å². The normalized spacial score (nSPS) is 32.8. The van der Waals surface area contributed by atoms with E-state index in [1.165, 1.54) is 25.8 Å². The van der Waals surface area contributed by atoms with Gasteiger partial charge in [0.15, 0.2) is 0 Å². The number of hydrogen-bond acceptors (Lipinski definition) is 3. The van der Waals surface area contributed by atoms with Gasteiger partial charge in [-0.1, -0.05) is 13.8 Å². The van der Waals surface area contributed by atoms with Crippen LogP contribution in [0, 0.1) is 11.3 Å². The smallest absolute Gasteiger partial charge is 0.311 e. The second kappa shape index (κ2) is 6.66. The summed E-state index contributed by atoms with van der Waals surface area (Å²) < 4.78 is 0. The highest BCUT2D eigenvalue weighted by Gasteiger charge is 2.48. The van der Waals surface area contributed by atoms with E-state index in [2.05, 4.69) is 37.5 Å². The summed E-state index contributed by atoms with van der Waals surface area (Å²) in [5.74, 6) is -0.393. The van der Waals surface area contributed by atoms with Crippen molar-refractivity contribution in [1.82, 2.24) is 9.80 Å². The average molecular weight is 296 g/mol. The highest BCUT2D eigenvalue weighted by Crippen LogP contribution is 2.40. The first-order valence-corrected chi connectivity index (χ1v) is 8.58. The molecular weight excluding hydrogens is 264 g/mol. The number of carboxylic acids is 1. The number of nitrogens with zero attached hydrogens (tertiary/aromatic N) is 2. The van der Waals surface area contributed by atoms with Gasteiger partial charge in [-0.05, 0) is 65.1 Å². The van der Waals surface area contributed by atoms with Crippen molar-refractivity contribution in [3.8, 4) is 0 Å². The summed E-state index contributed by atoms with van der Waals surface area (Å²) in [6.45, 7) is 12.7. The van der Waals surface area contributed by atoms with Gasteiger partial charge >= 0.3 is 5.97 Å². The lowest BCUT2D eigenvalue weighted by Gasteiger charge is -2.32. The molecule has 0 amide bonds. The second-order valence-corrected chi connectivity index (χ2v) is 7.55. The van der Waals surface area contributed by atoms with Gasteiger partial charge in [-0.15, -0.1) is 0 Å². The number of carbonyl (C=O) groups is 1. The Morgan fingerprint density at radius 3 is 2.38 bits per heavy atom. The fourth-order valence-corrected chi connectivity index (χ4v) is 4.05. The van der Waals surface area contributed by atoms with E-state index in [-0.39, 0.29) is 5.92 Å². The van der Waals surface area contributed by atoms with E-state index in [9.17, 15) is 9.90 Å². The average Bonchev–Trinajstić information content (AvgIpc) is 2.72. The molecule has 0 spiro atoms. The van der Waals surface area contributed by atoms with E-state index >= 15 is 0 Å². The maximum Gasteiger partial charge on any atom is 0.311 e. The molecule has 2 heterocycles. The fourth-order valence-electron chi connectivity index (χ4n) is 4.05. The molecule has 2 fully saturated rings. The summed E-state index contributed by atoms with van der Waals surface area (Å²) in [5, 5.41) is 9.69. The van der Waals surface area contributed by atoms with Crippen LogP contribution in [0.4, 0.5) is 0 Å². The molecule has 4 heteroatoms. The molecule has 0 radical (unpaired) electrons. The first kappa shape index (κ1) is 16.8. The van der Waals surface area contributed by atoms with E-state index in [1.807, 2.05) is 0 Å². The predicted molar refractivity (Wildman–Crippen MR) is 85.4 cm³/mol. The zero-order valence-corrected chi connectivity index (χ0v) is 14.1. The summed E-state index contributed by atoms with van der Waals surface area (Å²) in [6.07, 6.45) is 4.45. The van der Waals surface area contributed by atoms with Crippen LogP contribution in [0.2, 0.25) is 0 Å². The Hall–Kier alpha value is -0.610. The largest absolute Gasteiger partial charge is 0.481 e. The Labute approximate surface area is 129 Å². The third-order valence-corrected chi connectivity index (χ3v) is 5.84. The van der Waals surface area contributed by atoms with Crippen molar-refractivity contribution in [3.05, 3.63) is 0 Å². The summed E-state index contributed by atoms with van der Waals surface area (Å²) >= 11 is 0. The summed E-state index contributed by atoms with van der Waals surface area (Å²) in [7, 11) is 0. The zero-order valence-electron chi connectivity index (χ0n) is 14.1. The zero-order chi connectivity index (χ0) is 15.6. The molecule has 0 aromatic rings. The van der Waals surface area contributed by atoms with Crippen molar-refractivity contribution in [2.24, 2.45) is 11.3 Å². The first-order valence-electron chi connectivity index (χ1n) is 8.58. The van der Waals surface area contributed by atoms with Crippen LogP contribution in [-0.4, -0.2) is 59.1 Å². The van der Waals surface area contributed by atoms with Crippen LogP contribution in [0.3, 0.4) is 0 Å². The molecule has 2 unspecified atom stereocenters. The van der Waals surface area contributed by atoms with Crippen molar-refractivity contribution >= 4 is 5.97 Å². The van der Waals surface area contributed by atoms with Crippen LogP contribution < -0.4 is 0 Å². The van der Waals surface area contributed by atoms with Gasteiger partial charge in [0.1, 0.15) is 0 Å². The molecule has 0 aromatic heterocycles. The number of likely N-dealkylation sites (tertiary alicyclic amines) is 2. The molecular formula is C17H32N2O2. The lowest BCUT2D eigenvalue weighted by molar-refractivity contribution is -0.151. The van der Waals surface area contributed by atoms with Gasteiger partial charge in [-0.25, -0.2) is 0 Å². The van der Waals surface area contributed by atoms with E-state index in [4.69, 9.17) is 0 Å². The summed E-state index contributed by atoms with van der Waals surface area (Å²) in [4.78, 5) is 16.8. The molecule has 0 aliphatic carbocycles. The molecule has 2 rings (SSSR count). The van der Waals surface area contributed by atoms with Gasteiger partial charge in [-0.3, -0.25) is 9.69 Å². The quantitative estimate of drug-likeness (QED) is 0.866. The Bertz CT molecular complexity index is 370. The minimum absolute atomic E-state index is 0.206. The topological polar surface area (TPSA) is 43.8 Å². The lowest BCUT2D eigenvalue weighted by atomic mass is 9.76. The molecule has 1 N–H and O–H groups in total. The molecule has 4 nitrogen and oxygen atoms in total. The van der Waals surface area contributed by atoms with Crippen LogP contribution in [-0.2, 0) is 4.79 Å². The van der Waals surface area contributed by atoms with Gasteiger partial charge in [0.2, 0.25) is 0 Å². The van der Waals surface area contributed by atoms with Crippen molar-refractivity contribution in [3.63, 3.8) is 0 Å². The van der Waals surface area contributed by atoms with Gasteiger partial charge in [0.05, 0.1) is 5.41 Å².